The number of likely N-dealkylation sites (tertiary alicyclic amines) is 1. The molecular weight excluding hydrogens is 240 g/mol. The van der Waals surface area contributed by atoms with Crippen LogP contribution < -0.4 is 5.32 Å². The van der Waals surface area contributed by atoms with Gasteiger partial charge in [0.25, 0.3) is 0 Å². The molecule has 0 aliphatic carbocycles. The minimum absolute atomic E-state index is 0.0280. The average molecular weight is 264 g/mol. The summed E-state index contributed by atoms with van der Waals surface area (Å²) in [5.74, 6) is 0.0280. The number of rotatable bonds is 5. The Morgan fingerprint density at radius 1 is 1.53 bits per heavy atom. The van der Waals surface area contributed by atoms with Crippen molar-refractivity contribution < 1.29 is 4.79 Å². The Morgan fingerprint density at radius 2 is 2.37 bits per heavy atom. The third-order valence-corrected chi connectivity index (χ3v) is 3.88. The van der Waals surface area contributed by atoms with E-state index in [1.54, 1.807) is 17.1 Å². The predicted molar refractivity (Wildman–Crippen MR) is 74.7 cm³/mol. The van der Waals surface area contributed by atoms with Crippen LogP contribution in [0.3, 0.4) is 0 Å². The Morgan fingerprint density at radius 3 is 3.05 bits per heavy atom. The van der Waals surface area contributed by atoms with Gasteiger partial charge in [0.1, 0.15) is 6.54 Å². The number of carbonyl (C=O) groups excluding carboxylic acids is 1. The average Bonchev–Trinajstić information content (AvgIpc) is 2.89. The summed E-state index contributed by atoms with van der Waals surface area (Å²) in [4.78, 5) is 14.3. The molecule has 1 aromatic heterocycles. The fraction of sp³-hybridized carbons (Fsp3) is 0.714. The lowest BCUT2D eigenvalue weighted by atomic mass is 10.0. The first kappa shape index (κ1) is 14.1. The van der Waals surface area contributed by atoms with Gasteiger partial charge in [-0.3, -0.25) is 14.4 Å². The molecule has 1 fully saturated rings. The molecule has 5 nitrogen and oxygen atoms in total. The normalized spacial score (nSPS) is 22.1. The number of nitrogens with zero attached hydrogens (tertiary/aromatic N) is 3. The van der Waals surface area contributed by atoms with Crippen LogP contribution in [-0.4, -0.2) is 45.8 Å². The number of carbonyl (C=O) groups is 1. The van der Waals surface area contributed by atoms with Crippen LogP contribution in [0.2, 0.25) is 0 Å². The molecule has 0 bridgehead atoms. The zero-order valence-corrected chi connectivity index (χ0v) is 11.9. The molecule has 2 atom stereocenters. The van der Waals surface area contributed by atoms with Gasteiger partial charge < -0.3 is 5.32 Å². The maximum Gasteiger partial charge on any atom is 0.241 e. The number of amides is 1. The Labute approximate surface area is 115 Å². The zero-order valence-electron chi connectivity index (χ0n) is 11.9. The summed E-state index contributed by atoms with van der Waals surface area (Å²) in [7, 11) is 0. The molecule has 1 amide bonds. The SMILES string of the molecule is C[C@H](CNC(=O)Cn1cccn1)N1CCCC[C@@H]1C. The van der Waals surface area contributed by atoms with Crippen molar-refractivity contribution in [3.05, 3.63) is 18.5 Å². The first-order valence-electron chi connectivity index (χ1n) is 7.16. The van der Waals surface area contributed by atoms with Gasteiger partial charge in [-0.25, -0.2) is 0 Å². The van der Waals surface area contributed by atoms with Crippen LogP contribution in [0, 0.1) is 0 Å². The first-order valence-corrected chi connectivity index (χ1v) is 7.16. The smallest absolute Gasteiger partial charge is 0.241 e. The molecule has 0 unspecified atom stereocenters. The van der Waals surface area contributed by atoms with Gasteiger partial charge in [-0.05, 0) is 39.3 Å². The van der Waals surface area contributed by atoms with Crippen molar-refractivity contribution in [3.63, 3.8) is 0 Å². The van der Waals surface area contributed by atoms with E-state index in [0.29, 0.717) is 25.2 Å². The summed E-state index contributed by atoms with van der Waals surface area (Å²) in [5.41, 5.74) is 0. The minimum atomic E-state index is 0.0280. The highest BCUT2D eigenvalue weighted by Crippen LogP contribution is 2.18. The third kappa shape index (κ3) is 4.06. The van der Waals surface area contributed by atoms with Crippen molar-refractivity contribution in [2.75, 3.05) is 13.1 Å². The van der Waals surface area contributed by atoms with E-state index in [2.05, 4.69) is 29.2 Å². The maximum atomic E-state index is 11.8. The molecule has 2 rings (SSSR count). The highest BCUT2D eigenvalue weighted by molar-refractivity contribution is 5.75. The lowest BCUT2D eigenvalue weighted by Gasteiger charge is -2.38. The van der Waals surface area contributed by atoms with E-state index in [1.165, 1.54) is 19.3 Å². The molecule has 0 aromatic carbocycles. The molecule has 1 N–H and O–H groups in total. The number of nitrogens with one attached hydrogen (secondary N) is 1. The predicted octanol–water partition coefficient (Wildman–Crippen LogP) is 1.26. The van der Waals surface area contributed by atoms with Crippen LogP contribution in [0.25, 0.3) is 0 Å². The highest BCUT2D eigenvalue weighted by Gasteiger charge is 2.23. The van der Waals surface area contributed by atoms with Crippen LogP contribution in [0.1, 0.15) is 33.1 Å². The lowest BCUT2D eigenvalue weighted by molar-refractivity contribution is -0.122. The zero-order chi connectivity index (χ0) is 13.7. The molecule has 106 valence electrons. The molecule has 1 aromatic rings. The quantitative estimate of drug-likeness (QED) is 0.871. The lowest BCUT2D eigenvalue weighted by Crippen LogP contribution is -2.48. The Hall–Kier alpha value is -1.36. The van der Waals surface area contributed by atoms with E-state index in [4.69, 9.17) is 0 Å². The van der Waals surface area contributed by atoms with Crippen molar-refractivity contribution in [2.45, 2.75) is 51.7 Å². The van der Waals surface area contributed by atoms with Crippen molar-refractivity contribution >= 4 is 5.91 Å². The van der Waals surface area contributed by atoms with Gasteiger partial charge in [-0.2, -0.15) is 5.10 Å². The van der Waals surface area contributed by atoms with Crippen LogP contribution in [-0.2, 0) is 11.3 Å². The van der Waals surface area contributed by atoms with E-state index < -0.39 is 0 Å². The van der Waals surface area contributed by atoms with Crippen molar-refractivity contribution in [1.82, 2.24) is 20.0 Å². The van der Waals surface area contributed by atoms with Crippen molar-refractivity contribution in [3.8, 4) is 0 Å². The molecule has 0 radical (unpaired) electrons. The molecule has 5 heteroatoms. The molecule has 0 saturated carbocycles. The van der Waals surface area contributed by atoms with Crippen molar-refractivity contribution in [1.29, 1.82) is 0 Å². The fourth-order valence-electron chi connectivity index (χ4n) is 2.75. The number of aromatic nitrogens is 2. The Balaban J connectivity index is 1.73. The van der Waals surface area contributed by atoms with Crippen LogP contribution in [0.5, 0.6) is 0 Å². The van der Waals surface area contributed by atoms with E-state index in [1.807, 2.05) is 6.07 Å². The summed E-state index contributed by atoms with van der Waals surface area (Å²) in [5, 5.41) is 7.03. The fourth-order valence-corrected chi connectivity index (χ4v) is 2.75. The van der Waals surface area contributed by atoms with Crippen LogP contribution >= 0.6 is 0 Å². The van der Waals surface area contributed by atoms with Gasteiger partial charge in [-0.15, -0.1) is 0 Å². The highest BCUT2D eigenvalue weighted by atomic mass is 16.2. The Bertz CT molecular complexity index is 390. The monoisotopic (exact) mass is 264 g/mol. The van der Waals surface area contributed by atoms with Gasteiger partial charge in [0.15, 0.2) is 0 Å². The summed E-state index contributed by atoms with van der Waals surface area (Å²) < 4.78 is 1.64. The van der Waals surface area contributed by atoms with Gasteiger partial charge in [0.05, 0.1) is 0 Å². The van der Waals surface area contributed by atoms with E-state index in [9.17, 15) is 4.79 Å². The van der Waals surface area contributed by atoms with E-state index in [-0.39, 0.29) is 5.91 Å². The van der Waals surface area contributed by atoms with E-state index >= 15 is 0 Å². The second kappa shape index (κ2) is 6.70. The van der Waals surface area contributed by atoms with Crippen LogP contribution in [0.15, 0.2) is 18.5 Å². The summed E-state index contributed by atoms with van der Waals surface area (Å²) in [6, 6.07) is 2.86. The van der Waals surface area contributed by atoms with Crippen molar-refractivity contribution in [2.24, 2.45) is 0 Å². The summed E-state index contributed by atoms with van der Waals surface area (Å²) in [6.45, 7) is 6.63. The maximum absolute atomic E-state index is 11.8. The van der Waals surface area contributed by atoms with Crippen LogP contribution in [0.4, 0.5) is 0 Å². The molecule has 19 heavy (non-hydrogen) atoms. The van der Waals surface area contributed by atoms with Gasteiger partial charge in [-0.1, -0.05) is 6.42 Å². The summed E-state index contributed by atoms with van der Waals surface area (Å²) in [6.07, 6.45) is 7.36. The second-order valence-electron chi connectivity index (χ2n) is 5.44. The van der Waals surface area contributed by atoms with Gasteiger partial charge in [0.2, 0.25) is 5.91 Å². The molecular formula is C14H24N4O. The molecule has 1 saturated heterocycles. The Kier molecular flexibility index (Phi) is 4.96. The molecule has 2 heterocycles. The first-order chi connectivity index (χ1) is 9.16. The van der Waals surface area contributed by atoms with E-state index in [0.717, 1.165) is 6.54 Å². The summed E-state index contributed by atoms with van der Waals surface area (Å²) >= 11 is 0. The standard InChI is InChI=1S/C14H24N4O/c1-12-6-3-4-9-18(12)13(2)10-15-14(19)11-17-8-5-7-16-17/h5,7-8,12-13H,3-4,6,9-11H2,1-2H3,(H,15,19)/t12-,13+/m0/s1. The van der Waals surface area contributed by atoms with Gasteiger partial charge >= 0.3 is 0 Å². The number of hydrogen-bond acceptors (Lipinski definition) is 3. The largest absolute Gasteiger partial charge is 0.353 e. The number of piperidine rings is 1. The molecule has 1 aliphatic rings. The third-order valence-electron chi connectivity index (χ3n) is 3.88. The van der Waals surface area contributed by atoms with Gasteiger partial charge in [0, 0.05) is 31.0 Å². The minimum Gasteiger partial charge on any atom is -0.353 e. The second-order valence-corrected chi connectivity index (χ2v) is 5.44. The molecule has 0 spiro atoms. The molecule has 1 aliphatic heterocycles. The number of hydrogen-bond donors (Lipinski definition) is 1. The topological polar surface area (TPSA) is 50.2 Å².